The summed E-state index contributed by atoms with van der Waals surface area (Å²) in [6, 6.07) is 19.0. The van der Waals surface area contributed by atoms with Crippen LogP contribution in [0.15, 0.2) is 60.9 Å². The van der Waals surface area contributed by atoms with Crippen LogP contribution in [0.2, 0.25) is 0 Å². The Balaban J connectivity index is 1.40. The Morgan fingerprint density at radius 3 is 1.04 bits per heavy atom. The second-order valence-electron chi connectivity index (χ2n) is 25.6. The van der Waals surface area contributed by atoms with Gasteiger partial charge in [-0.2, -0.15) is 10.2 Å². The fourth-order valence-electron chi connectivity index (χ4n) is 11.4. The summed E-state index contributed by atoms with van der Waals surface area (Å²) >= 11 is 0. The predicted molar refractivity (Wildman–Crippen MR) is 329 cm³/mol. The third-order valence-corrected chi connectivity index (χ3v) is 15.8. The Bertz CT molecular complexity index is 2120. The van der Waals surface area contributed by atoms with Gasteiger partial charge in [0.1, 0.15) is 11.4 Å². The van der Waals surface area contributed by atoms with Crippen molar-refractivity contribution in [3.8, 4) is 11.5 Å². The van der Waals surface area contributed by atoms with Gasteiger partial charge in [0.25, 0.3) is 0 Å². The van der Waals surface area contributed by atoms with Crippen molar-refractivity contribution in [2.24, 2.45) is 23.7 Å². The van der Waals surface area contributed by atoms with Gasteiger partial charge in [-0.3, -0.25) is 29.0 Å². The van der Waals surface area contributed by atoms with Crippen molar-refractivity contribution in [3.05, 3.63) is 94.6 Å². The van der Waals surface area contributed by atoms with Crippen LogP contribution in [0.1, 0.15) is 142 Å². The Labute approximate surface area is 486 Å². The lowest BCUT2D eigenvalue weighted by Crippen LogP contribution is -2.47. The Kier molecular flexibility index (Phi) is 28.5. The van der Waals surface area contributed by atoms with Crippen molar-refractivity contribution < 1.29 is 28.4 Å². The highest BCUT2D eigenvalue weighted by Crippen LogP contribution is 2.24. The summed E-state index contributed by atoms with van der Waals surface area (Å²) in [6.07, 6.45) is 9.81. The third-order valence-electron chi connectivity index (χ3n) is 15.8. The summed E-state index contributed by atoms with van der Waals surface area (Å²) in [6.45, 7) is 39.6. The average Bonchev–Trinajstić information content (AvgIpc) is 3.92. The summed E-state index contributed by atoms with van der Waals surface area (Å²) < 4.78 is 43.8. The highest BCUT2D eigenvalue weighted by Gasteiger charge is 2.29. The summed E-state index contributed by atoms with van der Waals surface area (Å²) in [4.78, 5) is 10.0. The van der Waals surface area contributed by atoms with Gasteiger partial charge in [0.15, 0.2) is 11.5 Å². The molecule has 0 N–H and O–H groups in total. The van der Waals surface area contributed by atoms with Crippen molar-refractivity contribution in [1.29, 1.82) is 0 Å². The third kappa shape index (κ3) is 23.4. The molecule has 2 aromatic heterocycles. The average molecular weight is 1110 g/mol. The van der Waals surface area contributed by atoms with Crippen molar-refractivity contribution in [2.45, 2.75) is 197 Å². The number of ether oxygens (including phenoxy) is 6. The number of aromatic nitrogens is 4. The van der Waals surface area contributed by atoms with Gasteiger partial charge in [0, 0.05) is 50.3 Å². The molecule has 2 aromatic carbocycles. The molecular weight excluding hydrogens is 1000 g/mol. The minimum atomic E-state index is -0.0203. The minimum Gasteiger partial charge on any atom is -0.490 e. The van der Waals surface area contributed by atoms with Gasteiger partial charge in [-0.25, -0.2) is 0 Å². The van der Waals surface area contributed by atoms with Gasteiger partial charge in [0.05, 0.1) is 89.5 Å². The second kappa shape index (κ2) is 34.0. The molecule has 0 aliphatic carbocycles. The summed E-state index contributed by atoms with van der Waals surface area (Å²) in [5, 5.41) is 9.44. The fourth-order valence-corrected chi connectivity index (χ4v) is 11.4. The van der Waals surface area contributed by atoms with Crippen LogP contribution >= 0.6 is 0 Å². The van der Waals surface area contributed by atoms with Crippen LogP contribution in [-0.4, -0.2) is 182 Å². The van der Waals surface area contributed by atoms with Gasteiger partial charge in [-0.15, -0.1) is 0 Å². The molecule has 4 aromatic rings. The maximum atomic E-state index is 7.21. The van der Waals surface area contributed by atoms with Crippen molar-refractivity contribution in [1.82, 2.24) is 39.2 Å². The first kappa shape index (κ1) is 66.9. The zero-order valence-corrected chi connectivity index (χ0v) is 53.5. The van der Waals surface area contributed by atoms with Crippen molar-refractivity contribution >= 4 is 0 Å². The van der Waals surface area contributed by atoms with Crippen LogP contribution in [0.4, 0.5) is 0 Å². The number of rotatable bonds is 20. The zero-order valence-electron chi connectivity index (χ0n) is 53.5. The molecule has 452 valence electrons. The van der Waals surface area contributed by atoms with E-state index < -0.39 is 0 Å². The van der Waals surface area contributed by atoms with E-state index in [1.54, 1.807) is 0 Å². The number of nitrogens with zero attached hydrogens (tertiary/aromatic N) is 8. The molecule has 14 heteroatoms. The minimum absolute atomic E-state index is 0.0203. The number of aryl methyl sites for hydroxylation is 2. The summed E-state index contributed by atoms with van der Waals surface area (Å²) in [5.74, 6) is 3.74. The normalized spacial score (nSPS) is 24.3. The lowest BCUT2D eigenvalue weighted by Gasteiger charge is -2.37. The molecule has 1 aliphatic rings. The molecule has 0 spiro atoms. The van der Waals surface area contributed by atoms with Crippen LogP contribution in [0.25, 0.3) is 0 Å². The van der Waals surface area contributed by atoms with Crippen LogP contribution in [0.5, 0.6) is 11.5 Å². The van der Waals surface area contributed by atoms with Crippen LogP contribution in [0.3, 0.4) is 0 Å². The molecule has 1 saturated heterocycles. The Morgan fingerprint density at radius 1 is 0.450 bits per heavy atom. The SMILES string of the molecule is CCOc1cn(Cc2ccc(C[C@@H]3CN(C)[C@@H](CC(C)C)CO[C@H](C)CN(C)[C@@H](CC(C)C)CO[C@H](Cc4ccc(Cn5cc(OCC)c(C)n5)cc4)CN(C)[C@@H](CC(C)C)CO[C@H](C)CN(C)[C@@H](CC(C)C)CO3)cc2)nc1C. The maximum absolute atomic E-state index is 7.21. The smallest absolute Gasteiger partial charge is 0.160 e. The van der Waals surface area contributed by atoms with E-state index in [-0.39, 0.29) is 48.6 Å². The standard InChI is InChI=1S/C66H112N8O6/c1-19-75-65-41-73(67-53(65)13)37-57-25-21-55(22-26-57)33-63-39-71(17)59(29-47(3)4)43-77-52(12)36-70(16)62(32-50(9)10)46-80-64(34-56-23-27-58(28-24-56)38-74-42-66(76-20-2)54(14)68-74)40-72(18)60(30-48(5)6)44-78-51(11)35-69(15)61(45-79-63)31-49(7)8/h21-28,41-42,47-52,59-64H,19-20,29-40,43-46H2,1-18H3/t51-,52-,59+,60+,61+,62+,63-,64-/m1/s1. The molecule has 14 nitrogen and oxygen atoms in total. The first-order valence-electron chi connectivity index (χ1n) is 30.8. The maximum Gasteiger partial charge on any atom is 0.160 e. The summed E-state index contributed by atoms with van der Waals surface area (Å²) in [5.41, 5.74) is 6.78. The van der Waals surface area contributed by atoms with Gasteiger partial charge in [-0.05, 0) is 154 Å². The molecule has 0 bridgehead atoms. The Hall–Kier alpha value is -3.86. The molecule has 8 atom stereocenters. The van der Waals surface area contributed by atoms with E-state index in [1.165, 1.54) is 22.3 Å². The zero-order chi connectivity index (χ0) is 58.5. The molecule has 3 heterocycles. The molecule has 0 radical (unpaired) electrons. The molecule has 1 fully saturated rings. The van der Waals surface area contributed by atoms with E-state index in [1.807, 2.05) is 49.5 Å². The van der Waals surface area contributed by atoms with Crippen molar-refractivity contribution in [2.75, 3.05) is 94.0 Å². The molecule has 0 unspecified atom stereocenters. The summed E-state index contributed by atoms with van der Waals surface area (Å²) in [7, 11) is 9.09. The lowest BCUT2D eigenvalue weighted by molar-refractivity contribution is -0.0536. The molecule has 1 aliphatic heterocycles. The number of benzene rings is 2. The monoisotopic (exact) mass is 1110 g/mol. The number of likely N-dealkylation sites (N-methyl/N-ethyl adjacent to an activating group) is 4. The van der Waals surface area contributed by atoms with E-state index >= 15 is 0 Å². The second-order valence-corrected chi connectivity index (χ2v) is 25.6. The first-order chi connectivity index (χ1) is 38.1. The van der Waals surface area contributed by atoms with Gasteiger partial charge >= 0.3 is 0 Å². The number of hydrogen-bond acceptors (Lipinski definition) is 12. The number of hydrogen-bond donors (Lipinski definition) is 0. The molecule has 80 heavy (non-hydrogen) atoms. The largest absolute Gasteiger partial charge is 0.490 e. The highest BCUT2D eigenvalue weighted by molar-refractivity contribution is 5.28. The highest BCUT2D eigenvalue weighted by atomic mass is 16.5. The van der Waals surface area contributed by atoms with Crippen LogP contribution < -0.4 is 9.47 Å². The fraction of sp³-hybridized carbons (Fsp3) is 0.727. The van der Waals surface area contributed by atoms with E-state index in [4.69, 9.17) is 38.6 Å². The van der Waals surface area contributed by atoms with E-state index in [0.29, 0.717) is 76.4 Å². The predicted octanol–water partition coefficient (Wildman–Crippen LogP) is 11.4. The molecule has 0 saturated carbocycles. The first-order valence-corrected chi connectivity index (χ1v) is 30.8. The van der Waals surface area contributed by atoms with Crippen molar-refractivity contribution in [3.63, 3.8) is 0 Å². The lowest BCUT2D eigenvalue weighted by atomic mass is 10.0. The molecular formula is C66H112N8O6. The topological polar surface area (TPSA) is 104 Å². The Morgan fingerprint density at radius 2 is 0.738 bits per heavy atom. The van der Waals surface area contributed by atoms with Gasteiger partial charge in [0.2, 0.25) is 0 Å². The van der Waals surface area contributed by atoms with Crippen LogP contribution in [-0.2, 0) is 44.9 Å². The van der Waals surface area contributed by atoms with Gasteiger partial charge in [-0.1, -0.05) is 104 Å². The molecule has 0 amide bonds. The molecule has 5 rings (SSSR count). The quantitative estimate of drug-likeness (QED) is 0.0842. The van der Waals surface area contributed by atoms with Crippen LogP contribution in [0, 0.1) is 37.5 Å². The van der Waals surface area contributed by atoms with Gasteiger partial charge < -0.3 is 28.4 Å². The van der Waals surface area contributed by atoms with E-state index in [2.05, 4.69) is 166 Å². The van der Waals surface area contributed by atoms with E-state index in [9.17, 15) is 0 Å². The van der Waals surface area contributed by atoms with E-state index in [0.717, 1.165) is 87.6 Å².